The number of rotatable bonds is 5. The van der Waals surface area contributed by atoms with Crippen molar-refractivity contribution in [3.63, 3.8) is 0 Å². The Morgan fingerprint density at radius 2 is 1.88 bits per heavy atom. The van der Waals surface area contributed by atoms with Crippen molar-refractivity contribution in [2.24, 2.45) is 10.7 Å². The highest BCUT2D eigenvalue weighted by Gasteiger charge is 2.38. The molecule has 0 bridgehead atoms. The molecule has 2 aromatic carbocycles. The molecule has 3 rings (SSSR count). The molecule has 7 heteroatoms. The molecule has 1 aliphatic rings. The Morgan fingerprint density at radius 3 is 2.52 bits per heavy atom. The van der Waals surface area contributed by atoms with E-state index in [9.17, 15) is 0 Å². The SMILES string of the molecule is COc1ccc(OC)c(NC(N)=N[C@@H]2C[C@H]2c2ccc(Br)cc2)c1.I. The molecule has 1 fully saturated rings. The van der Waals surface area contributed by atoms with Gasteiger partial charge in [-0.05, 0) is 36.2 Å². The zero-order valence-corrected chi connectivity index (χ0v) is 17.9. The van der Waals surface area contributed by atoms with E-state index in [-0.39, 0.29) is 30.0 Å². The maximum Gasteiger partial charge on any atom is 0.193 e. The molecule has 0 aliphatic heterocycles. The number of hydrogen-bond donors (Lipinski definition) is 2. The smallest absolute Gasteiger partial charge is 0.193 e. The van der Waals surface area contributed by atoms with Crippen LogP contribution in [0.4, 0.5) is 5.69 Å². The van der Waals surface area contributed by atoms with Gasteiger partial charge >= 0.3 is 0 Å². The monoisotopic (exact) mass is 517 g/mol. The van der Waals surface area contributed by atoms with Gasteiger partial charge in [0.05, 0.1) is 25.9 Å². The first-order valence-corrected chi connectivity index (χ1v) is 8.48. The van der Waals surface area contributed by atoms with Gasteiger partial charge in [0.25, 0.3) is 0 Å². The number of anilines is 1. The standard InChI is InChI=1S/C18H20BrN3O2.HI/c1-23-13-7-8-17(24-2)16(9-13)22-18(20)21-15-10-14(15)11-3-5-12(19)6-4-11;/h3-9,14-15H,10H2,1-2H3,(H3,20,21,22);1H/t14-,15+;/m0./s1. The number of guanidine groups is 1. The van der Waals surface area contributed by atoms with E-state index in [1.807, 2.05) is 18.2 Å². The molecule has 0 radical (unpaired) electrons. The summed E-state index contributed by atoms with van der Waals surface area (Å²) >= 11 is 3.45. The minimum absolute atomic E-state index is 0. The Morgan fingerprint density at radius 1 is 1.16 bits per heavy atom. The summed E-state index contributed by atoms with van der Waals surface area (Å²) in [5.74, 6) is 2.23. The summed E-state index contributed by atoms with van der Waals surface area (Å²) in [6, 6.07) is 14.1. The maximum absolute atomic E-state index is 6.06. The van der Waals surface area contributed by atoms with Crippen LogP contribution < -0.4 is 20.5 Å². The van der Waals surface area contributed by atoms with Gasteiger partial charge in [-0.15, -0.1) is 24.0 Å². The fourth-order valence-electron chi connectivity index (χ4n) is 2.65. The Balaban J connectivity index is 0.00000225. The number of aliphatic imine (C=N–C) groups is 1. The highest BCUT2D eigenvalue weighted by molar-refractivity contribution is 14.0. The van der Waals surface area contributed by atoms with Crippen molar-refractivity contribution in [2.75, 3.05) is 19.5 Å². The average Bonchev–Trinajstić information content (AvgIpc) is 3.34. The summed E-state index contributed by atoms with van der Waals surface area (Å²) in [5, 5.41) is 3.10. The summed E-state index contributed by atoms with van der Waals surface area (Å²) < 4.78 is 11.7. The fraction of sp³-hybridized carbons (Fsp3) is 0.278. The van der Waals surface area contributed by atoms with Crippen molar-refractivity contribution in [3.05, 3.63) is 52.5 Å². The van der Waals surface area contributed by atoms with Crippen molar-refractivity contribution in [2.45, 2.75) is 18.4 Å². The van der Waals surface area contributed by atoms with E-state index in [2.05, 4.69) is 50.5 Å². The third-order valence-electron chi connectivity index (χ3n) is 4.03. The number of ether oxygens (including phenoxy) is 2. The van der Waals surface area contributed by atoms with Crippen LogP contribution >= 0.6 is 39.9 Å². The molecular weight excluding hydrogens is 497 g/mol. The van der Waals surface area contributed by atoms with Crippen LogP contribution in [0.1, 0.15) is 17.9 Å². The first-order valence-electron chi connectivity index (χ1n) is 7.68. The van der Waals surface area contributed by atoms with Crippen molar-refractivity contribution in [1.29, 1.82) is 0 Å². The van der Waals surface area contributed by atoms with Gasteiger partial charge in [-0.25, -0.2) is 4.99 Å². The van der Waals surface area contributed by atoms with Gasteiger partial charge in [0, 0.05) is 16.5 Å². The maximum atomic E-state index is 6.06. The number of nitrogens with two attached hydrogens (primary N) is 1. The van der Waals surface area contributed by atoms with Crippen molar-refractivity contribution < 1.29 is 9.47 Å². The van der Waals surface area contributed by atoms with Gasteiger partial charge in [-0.3, -0.25) is 0 Å². The second kappa shape index (κ2) is 8.75. The lowest BCUT2D eigenvalue weighted by atomic mass is 10.1. The van der Waals surface area contributed by atoms with E-state index in [4.69, 9.17) is 15.2 Å². The zero-order valence-electron chi connectivity index (χ0n) is 14.0. The third kappa shape index (κ3) is 5.01. The Bertz CT molecular complexity index is 752. The average molecular weight is 518 g/mol. The largest absolute Gasteiger partial charge is 0.497 e. The van der Waals surface area contributed by atoms with Crippen LogP contribution in [0.5, 0.6) is 11.5 Å². The van der Waals surface area contributed by atoms with Crippen LogP contribution in [0.3, 0.4) is 0 Å². The van der Waals surface area contributed by atoms with E-state index in [0.717, 1.165) is 22.3 Å². The molecule has 0 saturated heterocycles. The highest BCUT2D eigenvalue weighted by atomic mass is 127. The molecule has 0 aromatic heterocycles. The lowest BCUT2D eigenvalue weighted by Gasteiger charge is -2.12. The van der Waals surface area contributed by atoms with Crippen LogP contribution in [-0.2, 0) is 0 Å². The third-order valence-corrected chi connectivity index (χ3v) is 4.56. The van der Waals surface area contributed by atoms with Gasteiger partial charge < -0.3 is 20.5 Å². The van der Waals surface area contributed by atoms with E-state index >= 15 is 0 Å². The van der Waals surface area contributed by atoms with Crippen LogP contribution in [0.2, 0.25) is 0 Å². The topological polar surface area (TPSA) is 68.9 Å². The summed E-state index contributed by atoms with van der Waals surface area (Å²) in [5.41, 5.74) is 8.09. The molecule has 2 atom stereocenters. The summed E-state index contributed by atoms with van der Waals surface area (Å²) in [6.07, 6.45) is 1.01. The lowest BCUT2D eigenvalue weighted by Crippen LogP contribution is -2.23. The Hall–Kier alpha value is -1.48. The second-order valence-electron chi connectivity index (χ2n) is 5.67. The van der Waals surface area contributed by atoms with Crippen LogP contribution in [0.25, 0.3) is 0 Å². The molecule has 2 aromatic rings. The molecule has 134 valence electrons. The lowest BCUT2D eigenvalue weighted by molar-refractivity contribution is 0.405. The van der Waals surface area contributed by atoms with E-state index in [1.165, 1.54) is 5.56 Å². The number of hydrogen-bond acceptors (Lipinski definition) is 3. The van der Waals surface area contributed by atoms with E-state index < -0.39 is 0 Å². The summed E-state index contributed by atoms with van der Waals surface area (Å²) in [4.78, 5) is 4.57. The fourth-order valence-corrected chi connectivity index (χ4v) is 2.92. The van der Waals surface area contributed by atoms with Gasteiger partial charge in [0.1, 0.15) is 11.5 Å². The first-order chi connectivity index (χ1) is 11.6. The van der Waals surface area contributed by atoms with Crippen LogP contribution in [0.15, 0.2) is 51.9 Å². The normalized spacial score (nSPS) is 18.9. The molecule has 1 aliphatic carbocycles. The molecule has 5 nitrogen and oxygen atoms in total. The predicted molar refractivity (Wildman–Crippen MR) is 115 cm³/mol. The van der Waals surface area contributed by atoms with Crippen molar-refractivity contribution >= 4 is 51.6 Å². The minimum Gasteiger partial charge on any atom is -0.497 e. The van der Waals surface area contributed by atoms with E-state index in [0.29, 0.717) is 17.6 Å². The Labute approximate surface area is 173 Å². The molecule has 25 heavy (non-hydrogen) atoms. The summed E-state index contributed by atoms with van der Waals surface area (Å²) in [7, 11) is 3.24. The molecule has 0 amide bonds. The number of halogens is 2. The van der Waals surface area contributed by atoms with Gasteiger partial charge in [0.2, 0.25) is 0 Å². The van der Waals surface area contributed by atoms with Gasteiger partial charge in [-0.2, -0.15) is 0 Å². The molecular formula is C18H21BrIN3O2. The predicted octanol–water partition coefficient (Wildman–Crippen LogP) is 4.37. The summed E-state index contributed by atoms with van der Waals surface area (Å²) in [6.45, 7) is 0. The molecule has 0 spiro atoms. The highest BCUT2D eigenvalue weighted by Crippen LogP contribution is 2.43. The van der Waals surface area contributed by atoms with Gasteiger partial charge in [0.15, 0.2) is 5.96 Å². The molecule has 0 heterocycles. The van der Waals surface area contributed by atoms with Gasteiger partial charge in [-0.1, -0.05) is 28.1 Å². The second-order valence-corrected chi connectivity index (χ2v) is 6.58. The Kier molecular flexibility index (Phi) is 6.95. The van der Waals surface area contributed by atoms with Crippen LogP contribution in [0, 0.1) is 0 Å². The van der Waals surface area contributed by atoms with Crippen LogP contribution in [-0.4, -0.2) is 26.2 Å². The van der Waals surface area contributed by atoms with E-state index in [1.54, 1.807) is 14.2 Å². The van der Waals surface area contributed by atoms with Crippen molar-refractivity contribution in [3.8, 4) is 11.5 Å². The minimum atomic E-state index is 0. The number of nitrogens with one attached hydrogen (secondary N) is 1. The first kappa shape index (κ1) is 19.8. The number of methoxy groups -OCH3 is 2. The molecule has 1 saturated carbocycles. The molecule has 0 unspecified atom stereocenters. The zero-order chi connectivity index (χ0) is 17.1. The number of benzene rings is 2. The number of nitrogens with zero attached hydrogens (tertiary/aromatic N) is 1. The quantitative estimate of drug-likeness (QED) is 0.351. The van der Waals surface area contributed by atoms with Crippen molar-refractivity contribution in [1.82, 2.24) is 0 Å². The molecule has 3 N–H and O–H groups in total.